The quantitative estimate of drug-likeness (QED) is 0.909. The average molecular weight is 314 g/mol. The highest BCUT2D eigenvalue weighted by Gasteiger charge is 2.35. The van der Waals surface area contributed by atoms with Gasteiger partial charge < -0.3 is 4.74 Å². The van der Waals surface area contributed by atoms with Crippen molar-refractivity contribution in [1.29, 1.82) is 0 Å². The molecule has 2 N–H and O–H groups in total. The standard InChI is InChI=1S/C13H13F3N4O2/c1-7-3-5-9(6-4-7)22-8(2)10(21)17-12-18-11(19-20-12)13(14,15)16/h3-6,8H,1-2H3,(H2,17,18,19,20,21)/t8-/m1/s1. The molecule has 1 heterocycles. The minimum atomic E-state index is -4.65. The van der Waals surface area contributed by atoms with Gasteiger partial charge in [-0.2, -0.15) is 18.2 Å². The minimum Gasteiger partial charge on any atom is -0.481 e. The third-order valence-electron chi connectivity index (χ3n) is 2.69. The van der Waals surface area contributed by atoms with Crippen LogP contribution < -0.4 is 10.1 Å². The number of benzene rings is 1. The number of carbonyl (C=O) groups is 1. The number of H-pyrrole nitrogens is 1. The van der Waals surface area contributed by atoms with E-state index in [0.717, 1.165) is 5.56 Å². The molecular weight excluding hydrogens is 301 g/mol. The van der Waals surface area contributed by atoms with Gasteiger partial charge in [0, 0.05) is 0 Å². The van der Waals surface area contributed by atoms with Gasteiger partial charge in [0.15, 0.2) is 6.10 Å². The fraction of sp³-hybridized carbons (Fsp3) is 0.308. The molecule has 1 atom stereocenters. The third-order valence-corrected chi connectivity index (χ3v) is 2.69. The second-order valence-electron chi connectivity index (χ2n) is 4.57. The number of anilines is 1. The monoisotopic (exact) mass is 314 g/mol. The Morgan fingerprint density at radius 1 is 1.32 bits per heavy atom. The summed E-state index contributed by atoms with van der Waals surface area (Å²) in [7, 11) is 0. The SMILES string of the molecule is Cc1ccc(O[C@H](C)C(=O)Nc2n[nH]c(C(F)(F)F)n2)cc1. The van der Waals surface area contributed by atoms with Gasteiger partial charge in [-0.05, 0) is 26.0 Å². The van der Waals surface area contributed by atoms with E-state index in [1.54, 1.807) is 17.2 Å². The van der Waals surface area contributed by atoms with Crippen molar-refractivity contribution < 1.29 is 22.7 Å². The van der Waals surface area contributed by atoms with Gasteiger partial charge in [0.25, 0.3) is 5.91 Å². The molecule has 0 aliphatic carbocycles. The maximum atomic E-state index is 12.3. The van der Waals surface area contributed by atoms with Crippen LogP contribution in [0.15, 0.2) is 24.3 Å². The molecular formula is C13H13F3N4O2. The molecule has 22 heavy (non-hydrogen) atoms. The fourth-order valence-electron chi connectivity index (χ4n) is 1.53. The predicted octanol–water partition coefficient (Wildman–Crippen LogP) is 2.54. The molecule has 2 rings (SSSR count). The summed E-state index contributed by atoms with van der Waals surface area (Å²) in [5.41, 5.74) is 1.03. The summed E-state index contributed by atoms with van der Waals surface area (Å²) in [6.45, 7) is 3.37. The first-order chi connectivity index (χ1) is 10.3. The Morgan fingerprint density at radius 2 is 1.95 bits per heavy atom. The van der Waals surface area contributed by atoms with E-state index in [9.17, 15) is 18.0 Å². The number of aromatic amines is 1. The first-order valence-corrected chi connectivity index (χ1v) is 6.29. The van der Waals surface area contributed by atoms with Crippen LogP contribution >= 0.6 is 0 Å². The van der Waals surface area contributed by atoms with Crippen molar-refractivity contribution in [3.63, 3.8) is 0 Å². The van der Waals surface area contributed by atoms with Crippen LogP contribution in [0.2, 0.25) is 0 Å². The molecule has 1 amide bonds. The Hall–Kier alpha value is -2.58. The zero-order chi connectivity index (χ0) is 16.3. The molecule has 118 valence electrons. The van der Waals surface area contributed by atoms with Gasteiger partial charge in [-0.15, -0.1) is 5.10 Å². The van der Waals surface area contributed by atoms with Crippen LogP contribution in [-0.4, -0.2) is 27.2 Å². The Morgan fingerprint density at radius 3 is 2.50 bits per heavy atom. The van der Waals surface area contributed by atoms with Crippen LogP contribution in [0.1, 0.15) is 18.3 Å². The van der Waals surface area contributed by atoms with Crippen LogP contribution in [0.4, 0.5) is 19.1 Å². The molecule has 1 aromatic carbocycles. The molecule has 0 saturated heterocycles. The molecule has 0 saturated carbocycles. The number of hydrogen-bond donors (Lipinski definition) is 2. The van der Waals surface area contributed by atoms with Crippen LogP contribution in [0.25, 0.3) is 0 Å². The van der Waals surface area contributed by atoms with Crippen molar-refractivity contribution in [2.45, 2.75) is 26.1 Å². The number of aryl methyl sites for hydroxylation is 1. The molecule has 0 fully saturated rings. The van der Waals surface area contributed by atoms with Crippen molar-refractivity contribution in [3.05, 3.63) is 35.7 Å². The van der Waals surface area contributed by atoms with Crippen molar-refractivity contribution in [2.24, 2.45) is 0 Å². The predicted molar refractivity (Wildman–Crippen MR) is 71.3 cm³/mol. The number of amides is 1. The number of ether oxygens (including phenoxy) is 1. The van der Waals surface area contributed by atoms with Crippen LogP contribution in [0, 0.1) is 6.92 Å². The lowest BCUT2D eigenvalue weighted by molar-refractivity contribution is -0.144. The minimum absolute atomic E-state index is 0.461. The number of aromatic nitrogens is 3. The van der Waals surface area contributed by atoms with E-state index < -0.39 is 30.0 Å². The Labute approximate surface area is 123 Å². The molecule has 1 aromatic heterocycles. The normalized spacial score (nSPS) is 12.8. The zero-order valence-corrected chi connectivity index (χ0v) is 11.7. The van der Waals surface area contributed by atoms with E-state index in [1.165, 1.54) is 6.92 Å². The summed E-state index contributed by atoms with van der Waals surface area (Å²) in [6.07, 6.45) is -5.57. The highest BCUT2D eigenvalue weighted by atomic mass is 19.4. The lowest BCUT2D eigenvalue weighted by atomic mass is 10.2. The Bertz CT molecular complexity index is 652. The Balaban J connectivity index is 1.96. The first-order valence-electron chi connectivity index (χ1n) is 6.29. The molecule has 2 aromatic rings. The zero-order valence-electron chi connectivity index (χ0n) is 11.7. The molecule has 9 heteroatoms. The third kappa shape index (κ3) is 3.96. The van der Waals surface area contributed by atoms with E-state index in [4.69, 9.17) is 4.74 Å². The summed E-state index contributed by atoms with van der Waals surface area (Å²) in [5.74, 6) is -1.93. The Kier molecular flexibility index (Phi) is 4.34. The van der Waals surface area contributed by atoms with E-state index in [-0.39, 0.29) is 0 Å². The van der Waals surface area contributed by atoms with E-state index >= 15 is 0 Å². The van der Waals surface area contributed by atoms with E-state index in [0.29, 0.717) is 5.75 Å². The summed E-state index contributed by atoms with van der Waals surface area (Å²) in [6, 6.07) is 7.00. The summed E-state index contributed by atoms with van der Waals surface area (Å²) in [5, 5.41) is 7.13. The second-order valence-corrected chi connectivity index (χ2v) is 4.57. The molecule has 0 spiro atoms. The van der Waals surface area contributed by atoms with Gasteiger partial charge >= 0.3 is 6.18 Å². The highest BCUT2D eigenvalue weighted by molar-refractivity contribution is 5.92. The van der Waals surface area contributed by atoms with Gasteiger partial charge in [-0.25, -0.2) is 0 Å². The van der Waals surface area contributed by atoms with E-state index in [2.05, 4.69) is 15.4 Å². The first kappa shape index (κ1) is 15.8. The molecule has 6 nitrogen and oxygen atoms in total. The number of carbonyl (C=O) groups excluding carboxylic acids is 1. The topological polar surface area (TPSA) is 79.9 Å². The molecule has 0 aliphatic rings. The largest absolute Gasteiger partial charge is 0.481 e. The number of halogens is 3. The molecule has 0 radical (unpaired) electrons. The molecule has 0 unspecified atom stereocenters. The average Bonchev–Trinajstić information content (AvgIpc) is 2.90. The summed E-state index contributed by atoms with van der Waals surface area (Å²) < 4.78 is 42.4. The van der Waals surface area contributed by atoms with Gasteiger partial charge in [-0.1, -0.05) is 17.7 Å². The van der Waals surface area contributed by atoms with Gasteiger partial charge in [0.1, 0.15) is 5.75 Å². The number of hydrogen-bond acceptors (Lipinski definition) is 4. The maximum Gasteiger partial charge on any atom is 0.451 e. The van der Waals surface area contributed by atoms with E-state index in [1.807, 2.05) is 19.1 Å². The van der Waals surface area contributed by atoms with Crippen molar-refractivity contribution in [1.82, 2.24) is 15.2 Å². The molecule has 0 bridgehead atoms. The smallest absolute Gasteiger partial charge is 0.451 e. The molecule has 0 aliphatic heterocycles. The number of alkyl halides is 3. The van der Waals surface area contributed by atoms with Crippen LogP contribution in [0.5, 0.6) is 5.75 Å². The van der Waals surface area contributed by atoms with Crippen LogP contribution in [0.3, 0.4) is 0 Å². The fourth-order valence-corrected chi connectivity index (χ4v) is 1.53. The summed E-state index contributed by atoms with van der Waals surface area (Å²) in [4.78, 5) is 15.0. The lowest BCUT2D eigenvalue weighted by Gasteiger charge is -2.13. The van der Waals surface area contributed by atoms with Gasteiger partial charge in [0.2, 0.25) is 11.8 Å². The highest BCUT2D eigenvalue weighted by Crippen LogP contribution is 2.26. The van der Waals surface area contributed by atoms with Crippen LogP contribution in [-0.2, 0) is 11.0 Å². The van der Waals surface area contributed by atoms with Gasteiger partial charge in [-0.3, -0.25) is 15.2 Å². The second kappa shape index (κ2) is 6.04. The lowest BCUT2D eigenvalue weighted by Crippen LogP contribution is -2.30. The maximum absolute atomic E-state index is 12.3. The van der Waals surface area contributed by atoms with Crippen molar-refractivity contribution >= 4 is 11.9 Å². The number of nitrogens with one attached hydrogen (secondary N) is 2. The van der Waals surface area contributed by atoms with Crippen molar-refractivity contribution in [2.75, 3.05) is 5.32 Å². The van der Waals surface area contributed by atoms with Gasteiger partial charge in [0.05, 0.1) is 0 Å². The number of rotatable bonds is 4. The number of nitrogens with zero attached hydrogens (tertiary/aromatic N) is 2. The van der Waals surface area contributed by atoms with Crippen molar-refractivity contribution in [3.8, 4) is 5.75 Å². The summed E-state index contributed by atoms with van der Waals surface area (Å²) >= 11 is 0.